The number of thiocarbonyl (C=S) groups is 1. The van der Waals surface area contributed by atoms with Crippen molar-refractivity contribution < 1.29 is 14.4 Å². The minimum Gasteiger partial charge on any atom is -0.494 e. The lowest BCUT2D eigenvalue weighted by molar-refractivity contribution is -0.914. The summed E-state index contributed by atoms with van der Waals surface area (Å²) >= 11 is 5.37. The summed E-state index contributed by atoms with van der Waals surface area (Å²) in [6.45, 7) is 8.14. The Bertz CT molecular complexity index is 1130. The maximum Gasteiger partial charge on any atom is 0.257 e. The molecule has 1 heterocycles. The van der Waals surface area contributed by atoms with Crippen molar-refractivity contribution in [3.05, 3.63) is 90.0 Å². The van der Waals surface area contributed by atoms with E-state index < -0.39 is 0 Å². The number of quaternary nitrogens is 1. The molecule has 0 atom stereocenters. The molecule has 0 spiro atoms. The zero-order valence-corrected chi connectivity index (χ0v) is 21.7. The minimum atomic E-state index is -0.263. The number of piperazine rings is 1. The molecule has 4 rings (SSSR count). The van der Waals surface area contributed by atoms with Gasteiger partial charge in [0.2, 0.25) is 0 Å². The van der Waals surface area contributed by atoms with Crippen LogP contribution < -0.4 is 25.2 Å². The first-order valence-corrected chi connectivity index (χ1v) is 13.1. The Morgan fingerprint density at radius 3 is 2.47 bits per heavy atom. The summed E-state index contributed by atoms with van der Waals surface area (Å²) < 4.78 is 5.70. The average molecular weight is 504 g/mol. The molecule has 0 unspecified atom stereocenters. The molecule has 0 saturated carbocycles. The number of carbonyl (C=O) groups is 1. The van der Waals surface area contributed by atoms with Gasteiger partial charge in [-0.2, -0.15) is 0 Å². The van der Waals surface area contributed by atoms with Crippen molar-refractivity contribution in [3.63, 3.8) is 0 Å². The summed E-state index contributed by atoms with van der Waals surface area (Å²) in [7, 11) is 0. The third-order valence-corrected chi connectivity index (χ3v) is 6.55. The second kappa shape index (κ2) is 13.0. The van der Waals surface area contributed by atoms with Crippen LogP contribution in [-0.2, 0) is 6.54 Å². The van der Waals surface area contributed by atoms with Crippen LogP contribution >= 0.6 is 12.2 Å². The number of unbranched alkanes of at least 4 members (excludes halogenated alkanes) is 1. The lowest BCUT2D eigenvalue weighted by atomic mass is 10.2. The van der Waals surface area contributed by atoms with Crippen molar-refractivity contribution in [3.8, 4) is 5.75 Å². The molecule has 0 aliphatic carbocycles. The summed E-state index contributed by atoms with van der Waals surface area (Å²) in [5.74, 6) is 0.425. The van der Waals surface area contributed by atoms with E-state index in [4.69, 9.17) is 17.0 Å². The number of benzene rings is 3. The Kier molecular flexibility index (Phi) is 9.30. The average Bonchev–Trinajstić information content (AvgIpc) is 2.90. The molecule has 0 aromatic heterocycles. The smallest absolute Gasteiger partial charge is 0.257 e. The summed E-state index contributed by atoms with van der Waals surface area (Å²) in [5, 5.41) is 6.13. The van der Waals surface area contributed by atoms with E-state index in [0.717, 1.165) is 51.3 Å². The highest BCUT2D eigenvalue weighted by Crippen LogP contribution is 2.18. The Balaban J connectivity index is 1.23. The number of rotatable bonds is 9. The molecule has 3 aromatic carbocycles. The topological polar surface area (TPSA) is 58.0 Å². The molecule has 0 radical (unpaired) electrons. The molecule has 3 N–H and O–H groups in total. The Morgan fingerprint density at radius 2 is 1.75 bits per heavy atom. The number of hydrogen-bond donors (Lipinski definition) is 3. The third-order valence-electron chi connectivity index (χ3n) is 6.35. The van der Waals surface area contributed by atoms with Crippen molar-refractivity contribution in [1.82, 2.24) is 5.32 Å². The van der Waals surface area contributed by atoms with Crippen LogP contribution in [0.3, 0.4) is 0 Å². The first-order valence-electron chi connectivity index (χ1n) is 12.7. The molecule has 1 aliphatic rings. The molecule has 7 heteroatoms. The molecule has 1 aliphatic heterocycles. The molecule has 1 saturated heterocycles. The molecular formula is C29H35N4O2S+. The van der Waals surface area contributed by atoms with Gasteiger partial charge in [-0.25, -0.2) is 0 Å². The Morgan fingerprint density at radius 1 is 1.00 bits per heavy atom. The number of nitrogens with one attached hydrogen (secondary N) is 3. The van der Waals surface area contributed by atoms with Crippen LogP contribution in [-0.4, -0.2) is 43.8 Å². The van der Waals surface area contributed by atoms with Gasteiger partial charge in [0.1, 0.15) is 12.3 Å². The minimum absolute atomic E-state index is 0.263. The summed E-state index contributed by atoms with van der Waals surface area (Å²) in [6, 6.07) is 26.1. The molecule has 36 heavy (non-hydrogen) atoms. The van der Waals surface area contributed by atoms with Crippen LogP contribution in [0.15, 0.2) is 78.9 Å². The van der Waals surface area contributed by atoms with E-state index in [0.29, 0.717) is 17.9 Å². The van der Waals surface area contributed by atoms with Crippen LogP contribution in [0.4, 0.5) is 11.4 Å². The highest BCUT2D eigenvalue weighted by molar-refractivity contribution is 7.80. The van der Waals surface area contributed by atoms with Crippen molar-refractivity contribution in [2.75, 3.05) is 43.0 Å². The predicted molar refractivity (Wildman–Crippen MR) is 150 cm³/mol. The molecule has 3 aromatic rings. The highest BCUT2D eigenvalue weighted by atomic mass is 32.1. The lowest BCUT2D eigenvalue weighted by Crippen LogP contribution is -3.13. The van der Waals surface area contributed by atoms with Crippen LogP contribution in [0.2, 0.25) is 0 Å². The fourth-order valence-corrected chi connectivity index (χ4v) is 4.51. The van der Waals surface area contributed by atoms with Gasteiger partial charge >= 0.3 is 0 Å². The highest BCUT2D eigenvalue weighted by Gasteiger charge is 2.20. The summed E-state index contributed by atoms with van der Waals surface area (Å²) in [4.78, 5) is 16.7. The maximum atomic E-state index is 12.6. The first-order chi connectivity index (χ1) is 17.6. The van der Waals surface area contributed by atoms with E-state index in [1.807, 2.05) is 24.3 Å². The van der Waals surface area contributed by atoms with Gasteiger partial charge in [0.25, 0.3) is 5.91 Å². The summed E-state index contributed by atoms with van der Waals surface area (Å²) in [6.07, 6.45) is 2.04. The van der Waals surface area contributed by atoms with E-state index in [2.05, 4.69) is 64.9 Å². The normalized spacial score (nSPS) is 13.8. The van der Waals surface area contributed by atoms with Gasteiger partial charge in [-0.1, -0.05) is 49.7 Å². The first kappa shape index (κ1) is 25.7. The Hall–Kier alpha value is -3.42. The number of ether oxygens (including phenoxy) is 1. The number of nitrogens with zero attached hydrogens (tertiary/aromatic N) is 1. The standard InChI is InChI=1S/C29H34N4O2S/c1-2-3-20-35-27-11-7-10-24(21-27)28(34)31-29(36)30-25-12-14-26(15-13-25)33-18-16-32(17-19-33)22-23-8-5-4-6-9-23/h4-15,21H,2-3,16-20,22H2,1H3,(H2,30,31,34,36)/p+1. The molecular weight excluding hydrogens is 468 g/mol. The largest absolute Gasteiger partial charge is 0.494 e. The maximum absolute atomic E-state index is 12.6. The third kappa shape index (κ3) is 7.54. The van der Waals surface area contributed by atoms with Gasteiger partial charge in [0.15, 0.2) is 5.11 Å². The van der Waals surface area contributed by atoms with Gasteiger partial charge in [-0.05, 0) is 61.1 Å². The van der Waals surface area contributed by atoms with E-state index in [9.17, 15) is 4.79 Å². The number of anilines is 2. The van der Waals surface area contributed by atoms with E-state index in [1.54, 1.807) is 17.0 Å². The molecule has 1 fully saturated rings. The van der Waals surface area contributed by atoms with Crippen LogP contribution in [0.25, 0.3) is 0 Å². The van der Waals surface area contributed by atoms with Crippen LogP contribution in [0, 0.1) is 0 Å². The summed E-state index contributed by atoms with van der Waals surface area (Å²) in [5.41, 5.74) is 3.95. The fraction of sp³-hybridized carbons (Fsp3) is 0.310. The zero-order chi connectivity index (χ0) is 25.2. The molecule has 1 amide bonds. The second-order valence-corrected chi connectivity index (χ2v) is 9.49. The van der Waals surface area contributed by atoms with E-state index in [1.165, 1.54) is 11.3 Å². The number of amides is 1. The van der Waals surface area contributed by atoms with Gasteiger partial charge in [0.05, 0.1) is 32.8 Å². The van der Waals surface area contributed by atoms with Gasteiger partial charge < -0.3 is 19.9 Å². The van der Waals surface area contributed by atoms with Crippen molar-refractivity contribution >= 4 is 34.6 Å². The second-order valence-electron chi connectivity index (χ2n) is 9.08. The van der Waals surface area contributed by atoms with Gasteiger partial charge in [-0.15, -0.1) is 0 Å². The van der Waals surface area contributed by atoms with Crippen molar-refractivity contribution in [2.24, 2.45) is 0 Å². The lowest BCUT2D eigenvalue weighted by Gasteiger charge is -2.33. The molecule has 188 valence electrons. The zero-order valence-electron chi connectivity index (χ0n) is 20.8. The van der Waals surface area contributed by atoms with Crippen LogP contribution in [0.1, 0.15) is 35.7 Å². The van der Waals surface area contributed by atoms with Crippen molar-refractivity contribution in [1.29, 1.82) is 0 Å². The van der Waals surface area contributed by atoms with E-state index in [-0.39, 0.29) is 11.0 Å². The number of carbonyl (C=O) groups excluding carboxylic acids is 1. The van der Waals surface area contributed by atoms with Gasteiger partial charge in [0, 0.05) is 22.5 Å². The van der Waals surface area contributed by atoms with Crippen LogP contribution in [0.5, 0.6) is 5.75 Å². The van der Waals surface area contributed by atoms with E-state index >= 15 is 0 Å². The monoisotopic (exact) mass is 503 g/mol. The molecule has 0 bridgehead atoms. The SMILES string of the molecule is CCCCOc1cccc(C(=O)NC(=S)Nc2ccc(N3CC[NH+](Cc4ccccc4)CC3)cc2)c1. The molecule has 6 nitrogen and oxygen atoms in total. The quantitative estimate of drug-likeness (QED) is 0.306. The predicted octanol–water partition coefficient (Wildman–Crippen LogP) is 3.90. The number of hydrogen-bond acceptors (Lipinski definition) is 4. The van der Waals surface area contributed by atoms with Crippen molar-refractivity contribution in [2.45, 2.75) is 26.3 Å². The fourth-order valence-electron chi connectivity index (χ4n) is 4.30. The van der Waals surface area contributed by atoms with Gasteiger partial charge in [-0.3, -0.25) is 10.1 Å². The Labute approximate surface area is 219 Å².